The van der Waals surface area contributed by atoms with Gasteiger partial charge in [-0.3, -0.25) is 4.68 Å². The molecule has 2 N–H and O–H groups in total. The van der Waals surface area contributed by atoms with E-state index >= 15 is 0 Å². The maximum Gasteiger partial charge on any atom is 0.240 e. The highest BCUT2D eigenvalue weighted by molar-refractivity contribution is 7.89. The predicted octanol–water partition coefficient (Wildman–Crippen LogP) is 2.58. The lowest BCUT2D eigenvalue weighted by molar-refractivity contribution is 0.473. The number of nitrogens with one attached hydrogen (secondary N) is 2. The third kappa shape index (κ3) is 6.30. The number of sulfonamides is 1. The molecule has 0 radical (unpaired) electrons. The van der Waals surface area contributed by atoms with Crippen LogP contribution >= 0.6 is 0 Å². The van der Waals surface area contributed by atoms with E-state index in [-0.39, 0.29) is 6.04 Å². The van der Waals surface area contributed by atoms with Gasteiger partial charge in [-0.2, -0.15) is 5.10 Å². The first-order chi connectivity index (χ1) is 14.7. The van der Waals surface area contributed by atoms with Crippen LogP contribution in [0.3, 0.4) is 0 Å². The van der Waals surface area contributed by atoms with E-state index in [1.807, 2.05) is 37.8 Å². The van der Waals surface area contributed by atoms with Crippen molar-refractivity contribution >= 4 is 16.0 Å². The van der Waals surface area contributed by atoms with Gasteiger partial charge in [0.25, 0.3) is 0 Å². The van der Waals surface area contributed by atoms with Crippen LogP contribution in [0.4, 0.5) is 0 Å². The van der Waals surface area contributed by atoms with Crippen LogP contribution in [0.15, 0.2) is 40.4 Å². The molecular formula is C22H34N6O2S. The van der Waals surface area contributed by atoms with Gasteiger partial charge < -0.3 is 10.2 Å². The minimum absolute atomic E-state index is 0.100. The summed E-state index contributed by atoms with van der Waals surface area (Å²) in [5.41, 5.74) is 3.24. The lowest BCUT2D eigenvalue weighted by atomic mass is 10.1. The topological polar surface area (TPSA) is 91.6 Å². The van der Waals surface area contributed by atoms with E-state index in [4.69, 9.17) is 4.99 Å². The molecule has 0 aliphatic heterocycles. The first-order valence-corrected chi connectivity index (χ1v) is 12.3. The molecule has 0 saturated heterocycles. The number of guanidine groups is 1. The maximum atomic E-state index is 12.3. The number of rotatable bonds is 9. The van der Waals surface area contributed by atoms with Crippen molar-refractivity contribution in [3.05, 3.63) is 47.3 Å². The molecule has 1 aliphatic rings. The number of hydrogen-bond acceptors (Lipinski definition) is 4. The van der Waals surface area contributed by atoms with Gasteiger partial charge >= 0.3 is 0 Å². The monoisotopic (exact) mass is 446 g/mol. The van der Waals surface area contributed by atoms with Crippen LogP contribution in [0, 0.1) is 0 Å². The zero-order valence-corrected chi connectivity index (χ0v) is 19.9. The number of nitrogens with zero attached hydrogens (tertiary/aromatic N) is 4. The van der Waals surface area contributed by atoms with Crippen LogP contribution in [0.2, 0.25) is 0 Å². The number of aryl methyl sites for hydroxylation is 1. The smallest absolute Gasteiger partial charge is 0.240 e. The van der Waals surface area contributed by atoms with Crippen LogP contribution in [-0.2, 0) is 30.2 Å². The van der Waals surface area contributed by atoms with Crippen molar-refractivity contribution in [2.45, 2.75) is 63.6 Å². The highest BCUT2D eigenvalue weighted by Crippen LogP contribution is 2.22. The van der Waals surface area contributed by atoms with Crippen LogP contribution in [0.25, 0.3) is 0 Å². The summed E-state index contributed by atoms with van der Waals surface area (Å²) in [5.74, 6) is 1.15. The Morgan fingerprint density at radius 1 is 1.29 bits per heavy atom. The summed E-state index contributed by atoms with van der Waals surface area (Å²) >= 11 is 0. The summed E-state index contributed by atoms with van der Waals surface area (Å²) in [6.07, 6.45) is 3.90. The average molecular weight is 447 g/mol. The van der Waals surface area contributed by atoms with Gasteiger partial charge in [-0.05, 0) is 43.4 Å². The zero-order chi connectivity index (χ0) is 22.6. The lowest BCUT2D eigenvalue weighted by Crippen LogP contribution is -2.38. The highest BCUT2D eigenvalue weighted by atomic mass is 32.2. The minimum Gasteiger partial charge on any atom is -0.357 e. The molecule has 0 spiro atoms. The molecule has 1 aromatic carbocycles. The largest absolute Gasteiger partial charge is 0.357 e. The highest BCUT2D eigenvalue weighted by Gasteiger charge is 2.27. The third-order valence-corrected chi connectivity index (χ3v) is 6.67. The normalized spacial score (nSPS) is 14.8. The van der Waals surface area contributed by atoms with E-state index in [9.17, 15) is 8.42 Å². The van der Waals surface area contributed by atoms with E-state index in [2.05, 4.69) is 40.1 Å². The Morgan fingerprint density at radius 2 is 1.97 bits per heavy atom. The SMILES string of the molecule is CCNC(=NCc1ccc(S(=O)(=O)NC2CC2)cc1)N(C)Cc1cn(C)nc1C(C)C. The van der Waals surface area contributed by atoms with E-state index < -0.39 is 10.0 Å². The summed E-state index contributed by atoms with van der Waals surface area (Å²) < 4.78 is 29.2. The zero-order valence-electron chi connectivity index (χ0n) is 19.1. The molecule has 8 nitrogen and oxygen atoms in total. The van der Waals surface area contributed by atoms with E-state index in [1.165, 1.54) is 5.56 Å². The van der Waals surface area contributed by atoms with Crippen LogP contribution < -0.4 is 10.0 Å². The fourth-order valence-electron chi connectivity index (χ4n) is 3.39. The van der Waals surface area contributed by atoms with Crippen molar-refractivity contribution in [2.24, 2.45) is 12.0 Å². The fraction of sp³-hybridized carbons (Fsp3) is 0.545. The van der Waals surface area contributed by atoms with E-state index in [1.54, 1.807) is 12.1 Å². The molecule has 1 saturated carbocycles. The number of aromatic nitrogens is 2. The van der Waals surface area contributed by atoms with Crippen molar-refractivity contribution in [1.29, 1.82) is 0 Å². The van der Waals surface area contributed by atoms with Crippen molar-refractivity contribution in [1.82, 2.24) is 24.7 Å². The van der Waals surface area contributed by atoms with Crippen LogP contribution in [0.5, 0.6) is 0 Å². The molecule has 0 atom stereocenters. The molecule has 3 rings (SSSR count). The summed E-state index contributed by atoms with van der Waals surface area (Å²) in [6, 6.07) is 7.05. The summed E-state index contributed by atoms with van der Waals surface area (Å²) in [5, 5.41) is 7.92. The molecule has 1 aromatic heterocycles. The van der Waals surface area contributed by atoms with Gasteiger partial charge in [-0.25, -0.2) is 18.1 Å². The van der Waals surface area contributed by atoms with Crippen LogP contribution in [0.1, 0.15) is 56.4 Å². The van der Waals surface area contributed by atoms with E-state index in [0.29, 0.717) is 23.9 Å². The van der Waals surface area contributed by atoms with Gasteiger partial charge in [-0.15, -0.1) is 0 Å². The molecule has 1 heterocycles. The summed E-state index contributed by atoms with van der Waals surface area (Å²) in [6.45, 7) is 8.27. The summed E-state index contributed by atoms with van der Waals surface area (Å²) in [4.78, 5) is 7.14. The molecule has 1 fully saturated rings. The van der Waals surface area contributed by atoms with Gasteiger partial charge in [0, 0.05) is 45.0 Å². The molecule has 1 aliphatic carbocycles. The Balaban J connectivity index is 1.69. The van der Waals surface area contributed by atoms with Crippen LogP contribution in [-0.4, -0.2) is 48.7 Å². The minimum atomic E-state index is -3.43. The van der Waals surface area contributed by atoms with Crippen molar-refractivity contribution < 1.29 is 8.42 Å². The molecule has 0 bridgehead atoms. The second kappa shape index (κ2) is 9.82. The molecule has 2 aromatic rings. The first-order valence-electron chi connectivity index (χ1n) is 10.8. The van der Waals surface area contributed by atoms with Crippen molar-refractivity contribution in [2.75, 3.05) is 13.6 Å². The fourth-order valence-corrected chi connectivity index (χ4v) is 4.70. The molecule has 170 valence electrons. The van der Waals surface area contributed by atoms with E-state index in [0.717, 1.165) is 36.6 Å². The predicted molar refractivity (Wildman–Crippen MR) is 123 cm³/mol. The lowest BCUT2D eigenvalue weighted by Gasteiger charge is -2.22. The average Bonchev–Trinajstić information content (AvgIpc) is 3.44. The number of aliphatic imine (C=N–C) groups is 1. The van der Waals surface area contributed by atoms with Gasteiger partial charge in [0.05, 0.1) is 17.1 Å². The Bertz CT molecular complexity index is 1010. The number of benzene rings is 1. The molecule has 31 heavy (non-hydrogen) atoms. The Kier molecular flexibility index (Phi) is 7.38. The standard InChI is InChI=1S/C22H34N6O2S/c1-6-23-22(27(4)14-18-15-28(5)25-21(18)16(2)3)24-13-17-7-11-20(12-8-17)31(29,30)26-19-9-10-19/h7-8,11-12,15-16,19,26H,6,9-10,13-14H2,1-5H3,(H,23,24). The maximum absolute atomic E-state index is 12.3. The van der Waals surface area contributed by atoms with Gasteiger partial charge in [-0.1, -0.05) is 26.0 Å². The Labute approximate surface area is 185 Å². The van der Waals surface area contributed by atoms with Crippen molar-refractivity contribution in [3.8, 4) is 0 Å². The Hall–Kier alpha value is -2.39. The first kappa shape index (κ1) is 23.3. The molecular weight excluding hydrogens is 412 g/mol. The summed E-state index contributed by atoms with van der Waals surface area (Å²) in [7, 11) is 0.530. The molecule has 0 unspecified atom stereocenters. The van der Waals surface area contributed by atoms with Gasteiger partial charge in [0.1, 0.15) is 0 Å². The second-order valence-electron chi connectivity index (χ2n) is 8.43. The van der Waals surface area contributed by atoms with Gasteiger partial charge in [0.2, 0.25) is 10.0 Å². The number of hydrogen-bond donors (Lipinski definition) is 2. The van der Waals surface area contributed by atoms with Gasteiger partial charge in [0.15, 0.2) is 5.96 Å². The quantitative estimate of drug-likeness (QED) is 0.456. The van der Waals surface area contributed by atoms with Crippen molar-refractivity contribution in [3.63, 3.8) is 0 Å². The second-order valence-corrected chi connectivity index (χ2v) is 10.1. The molecule has 9 heteroatoms. The third-order valence-electron chi connectivity index (χ3n) is 5.13. The molecule has 0 amide bonds. The Morgan fingerprint density at radius 3 is 2.55 bits per heavy atom.